The van der Waals surface area contributed by atoms with Gasteiger partial charge < -0.3 is 20.0 Å². The van der Waals surface area contributed by atoms with E-state index in [1.165, 1.54) is 16.0 Å². The third kappa shape index (κ3) is 4.28. The van der Waals surface area contributed by atoms with Gasteiger partial charge in [-0.2, -0.15) is 0 Å². The van der Waals surface area contributed by atoms with Crippen molar-refractivity contribution in [3.63, 3.8) is 0 Å². The maximum absolute atomic E-state index is 13.1. The maximum Gasteiger partial charge on any atom is 0.295 e. The fraction of sp³-hybridized carbons (Fsp3) is 0.385. The standard InChI is InChI=1S/C26H30N2O4/c1-27(2)13-6-14-28-23(19-9-5-10-21(29)16-19)22(25(31)26(28)32)24(30)20-12-11-17-7-3-4-8-18(17)15-20/h5,9-12,15-16,23,29-30H,3-4,6-8,13-14H2,1-2H3/b24-22-. The predicted octanol–water partition coefficient (Wildman–Crippen LogP) is 3.64. The summed E-state index contributed by atoms with van der Waals surface area (Å²) in [4.78, 5) is 29.6. The number of phenolic OH excluding ortho intramolecular Hbond substituents is 1. The first kappa shape index (κ1) is 22.1. The summed E-state index contributed by atoms with van der Waals surface area (Å²) in [5.41, 5.74) is 3.72. The van der Waals surface area contributed by atoms with Gasteiger partial charge in [-0.25, -0.2) is 0 Å². The molecule has 0 saturated carbocycles. The number of fused-ring (bicyclic) bond motifs is 1. The molecule has 1 unspecified atom stereocenters. The topological polar surface area (TPSA) is 81.1 Å². The molecule has 0 radical (unpaired) electrons. The van der Waals surface area contributed by atoms with E-state index in [1.54, 1.807) is 24.3 Å². The van der Waals surface area contributed by atoms with Gasteiger partial charge in [-0.05, 0) is 87.6 Å². The van der Waals surface area contributed by atoms with Gasteiger partial charge in [-0.1, -0.05) is 24.3 Å². The number of rotatable bonds is 6. The smallest absolute Gasteiger partial charge is 0.295 e. The lowest BCUT2D eigenvalue weighted by Gasteiger charge is -2.26. The monoisotopic (exact) mass is 434 g/mol. The Kier molecular flexibility index (Phi) is 6.33. The second-order valence-corrected chi connectivity index (χ2v) is 8.93. The molecule has 0 bridgehead atoms. The van der Waals surface area contributed by atoms with Crippen LogP contribution in [0.1, 0.15) is 47.6 Å². The van der Waals surface area contributed by atoms with E-state index in [0.29, 0.717) is 24.1 Å². The van der Waals surface area contributed by atoms with Gasteiger partial charge in [-0.3, -0.25) is 9.59 Å². The molecular formula is C26H30N2O4. The summed E-state index contributed by atoms with van der Waals surface area (Å²) in [6, 6.07) is 11.6. The number of aliphatic hydroxyl groups excluding tert-OH is 1. The van der Waals surface area contributed by atoms with Gasteiger partial charge in [0.2, 0.25) is 0 Å². The second-order valence-electron chi connectivity index (χ2n) is 8.93. The summed E-state index contributed by atoms with van der Waals surface area (Å²) in [5.74, 6) is -1.40. The van der Waals surface area contributed by atoms with E-state index in [2.05, 4.69) is 0 Å². The number of carbonyl (C=O) groups is 2. The van der Waals surface area contributed by atoms with Crippen molar-refractivity contribution >= 4 is 17.4 Å². The van der Waals surface area contributed by atoms with Crippen LogP contribution in [-0.2, 0) is 22.4 Å². The minimum Gasteiger partial charge on any atom is -0.508 e. The highest BCUT2D eigenvalue weighted by Crippen LogP contribution is 2.40. The Morgan fingerprint density at radius 1 is 1.06 bits per heavy atom. The number of amides is 1. The summed E-state index contributed by atoms with van der Waals surface area (Å²) in [5, 5.41) is 21.3. The van der Waals surface area contributed by atoms with Crippen LogP contribution < -0.4 is 0 Å². The van der Waals surface area contributed by atoms with Crippen molar-refractivity contribution in [2.45, 2.75) is 38.1 Å². The molecule has 1 heterocycles. The molecule has 1 atom stereocenters. The van der Waals surface area contributed by atoms with Gasteiger partial charge in [0, 0.05) is 12.1 Å². The van der Waals surface area contributed by atoms with Crippen LogP contribution in [0.3, 0.4) is 0 Å². The zero-order valence-corrected chi connectivity index (χ0v) is 18.7. The Hall–Kier alpha value is -3.12. The third-order valence-corrected chi connectivity index (χ3v) is 6.35. The molecule has 2 aliphatic rings. The lowest BCUT2D eigenvalue weighted by Crippen LogP contribution is -2.32. The highest BCUT2D eigenvalue weighted by Gasteiger charge is 2.45. The molecule has 4 rings (SSSR count). The minimum absolute atomic E-state index is 0.0511. The summed E-state index contributed by atoms with van der Waals surface area (Å²) in [7, 11) is 3.91. The normalized spacial score (nSPS) is 20.1. The quantitative estimate of drug-likeness (QED) is 0.412. The van der Waals surface area contributed by atoms with E-state index >= 15 is 0 Å². The van der Waals surface area contributed by atoms with Gasteiger partial charge in [0.1, 0.15) is 11.5 Å². The number of phenols is 1. The number of hydrogen-bond donors (Lipinski definition) is 2. The molecule has 0 spiro atoms. The van der Waals surface area contributed by atoms with Gasteiger partial charge >= 0.3 is 0 Å². The molecule has 32 heavy (non-hydrogen) atoms. The Bertz CT molecular complexity index is 1070. The second kappa shape index (κ2) is 9.17. The minimum atomic E-state index is -0.736. The molecule has 0 aromatic heterocycles. The highest BCUT2D eigenvalue weighted by molar-refractivity contribution is 6.46. The molecule has 1 saturated heterocycles. The number of likely N-dealkylation sites (tertiary alicyclic amines) is 1. The molecule has 6 nitrogen and oxygen atoms in total. The summed E-state index contributed by atoms with van der Waals surface area (Å²) < 4.78 is 0. The SMILES string of the molecule is CN(C)CCCN1C(=O)C(=O)/C(=C(\O)c2ccc3c(c2)CCCC3)C1c1cccc(O)c1. The van der Waals surface area contributed by atoms with Crippen molar-refractivity contribution in [2.24, 2.45) is 0 Å². The molecule has 1 amide bonds. The van der Waals surface area contributed by atoms with Crippen LogP contribution in [0.4, 0.5) is 0 Å². The molecule has 6 heteroatoms. The van der Waals surface area contributed by atoms with Crippen LogP contribution in [0.2, 0.25) is 0 Å². The molecule has 2 aromatic rings. The third-order valence-electron chi connectivity index (χ3n) is 6.35. The number of Topliss-reactive ketones (excluding diaryl/α,β-unsaturated/α-hetero) is 1. The van der Waals surface area contributed by atoms with Gasteiger partial charge in [0.25, 0.3) is 11.7 Å². The summed E-state index contributed by atoms with van der Waals surface area (Å²) >= 11 is 0. The molecule has 2 N–H and O–H groups in total. The van der Waals surface area contributed by atoms with Crippen LogP contribution in [-0.4, -0.2) is 58.9 Å². The van der Waals surface area contributed by atoms with Crippen molar-refractivity contribution in [3.8, 4) is 5.75 Å². The summed E-state index contributed by atoms with van der Waals surface area (Å²) in [6.07, 6.45) is 4.93. The van der Waals surface area contributed by atoms with E-state index in [1.807, 2.05) is 37.2 Å². The molecule has 168 valence electrons. The Morgan fingerprint density at radius 3 is 2.53 bits per heavy atom. The Morgan fingerprint density at radius 2 is 1.81 bits per heavy atom. The maximum atomic E-state index is 13.1. The van der Waals surface area contributed by atoms with E-state index in [4.69, 9.17) is 0 Å². The summed E-state index contributed by atoms with van der Waals surface area (Å²) in [6.45, 7) is 1.14. The van der Waals surface area contributed by atoms with E-state index in [0.717, 1.165) is 32.2 Å². The zero-order valence-electron chi connectivity index (χ0n) is 18.7. The average Bonchev–Trinajstić information content (AvgIpc) is 3.03. The van der Waals surface area contributed by atoms with Gasteiger partial charge in [0.05, 0.1) is 11.6 Å². The molecule has 1 aliphatic heterocycles. The van der Waals surface area contributed by atoms with E-state index in [-0.39, 0.29) is 17.1 Å². The van der Waals surface area contributed by atoms with Crippen molar-refractivity contribution in [3.05, 3.63) is 70.3 Å². The van der Waals surface area contributed by atoms with E-state index < -0.39 is 17.7 Å². The molecule has 1 aliphatic carbocycles. The predicted molar refractivity (Wildman–Crippen MR) is 123 cm³/mol. The number of aliphatic hydroxyl groups is 1. The number of carbonyl (C=O) groups excluding carboxylic acids is 2. The van der Waals surface area contributed by atoms with E-state index in [9.17, 15) is 19.8 Å². The Balaban J connectivity index is 1.79. The van der Waals surface area contributed by atoms with Crippen molar-refractivity contribution < 1.29 is 19.8 Å². The molecule has 1 fully saturated rings. The van der Waals surface area contributed by atoms with Gasteiger partial charge in [0.15, 0.2) is 0 Å². The largest absolute Gasteiger partial charge is 0.508 e. The van der Waals surface area contributed by atoms with Crippen LogP contribution in [0, 0.1) is 0 Å². The molecular weight excluding hydrogens is 404 g/mol. The van der Waals surface area contributed by atoms with Gasteiger partial charge in [-0.15, -0.1) is 0 Å². The number of benzene rings is 2. The van der Waals surface area contributed by atoms with Crippen LogP contribution in [0.25, 0.3) is 5.76 Å². The lowest BCUT2D eigenvalue weighted by atomic mass is 9.88. The first-order valence-corrected chi connectivity index (χ1v) is 11.2. The number of hydrogen-bond acceptors (Lipinski definition) is 5. The van der Waals surface area contributed by atoms with Crippen LogP contribution in [0.15, 0.2) is 48.0 Å². The fourth-order valence-electron chi connectivity index (χ4n) is 4.75. The molecule has 2 aromatic carbocycles. The average molecular weight is 435 g/mol. The van der Waals surface area contributed by atoms with Crippen molar-refractivity contribution in [2.75, 3.05) is 27.2 Å². The first-order chi connectivity index (χ1) is 15.4. The van der Waals surface area contributed by atoms with Crippen LogP contribution in [0.5, 0.6) is 5.75 Å². The van der Waals surface area contributed by atoms with Crippen LogP contribution >= 0.6 is 0 Å². The Labute approximate surface area is 188 Å². The lowest BCUT2D eigenvalue weighted by molar-refractivity contribution is -0.139. The highest BCUT2D eigenvalue weighted by atomic mass is 16.3. The van der Waals surface area contributed by atoms with Crippen molar-refractivity contribution in [1.82, 2.24) is 9.80 Å². The number of aromatic hydroxyl groups is 1. The first-order valence-electron chi connectivity index (χ1n) is 11.2. The fourth-order valence-corrected chi connectivity index (χ4v) is 4.75. The number of ketones is 1. The number of nitrogens with zero attached hydrogens (tertiary/aromatic N) is 2. The zero-order chi connectivity index (χ0) is 22.8. The number of aryl methyl sites for hydroxylation is 2. The van der Waals surface area contributed by atoms with Crippen molar-refractivity contribution in [1.29, 1.82) is 0 Å².